The van der Waals surface area contributed by atoms with Crippen LogP contribution in [-0.4, -0.2) is 22.2 Å². The van der Waals surface area contributed by atoms with Gasteiger partial charge in [0.1, 0.15) is 16.7 Å². The van der Waals surface area contributed by atoms with Crippen molar-refractivity contribution >= 4 is 40.3 Å². The Kier molecular flexibility index (Phi) is 4.79. The van der Waals surface area contributed by atoms with E-state index in [-0.39, 0.29) is 5.91 Å². The van der Waals surface area contributed by atoms with Crippen molar-refractivity contribution in [2.45, 2.75) is 6.61 Å². The van der Waals surface area contributed by atoms with Crippen LogP contribution >= 0.6 is 24.0 Å². The van der Waals surface area contributed by atoms with E-state index in [1.165, 1.54) is 16.7 Å². The standard InChI is InChI=1S/C18H15NO2S2/c1-19-17(20)16(23-18(19)22)11-14-8-5-9-15(10-14)21-12-13-6-3-2-4-7-13/h2-11H,12H2,1H3/b16-11-. The highest BCUT2D eigenvalue weighted by atomic mass is 32.2. The zero-order valence-electron chi connectivity index (χ0n) is 12.6. The van der Waals surface area contributed by atoms with Gasteiger partial charge in [0.05, 0.1) is 4.91 Å². The van der Waals surface area contributed by atoms with Gasteiger partial charge in [0.15, 0.2) is 0 Å². The number of thioether (sulfide) groups is 1. The SMILES string of the molecule is CN1C(=O)/C(=C/c2cccc(OCc3ccccc3)c2)SC1=S. The number of ether oxygens (including phenoxy) is 1. The van der Waals surface area contributed by atoms with Gasteiger partial charge in [0.2, 0.25) is 0 Å². The maximum Gasteiger partial charge on any atom is 0.265 e. The molecule has 1 fully saturated rings. The third-order valence-corrected chi connectivity index (χ3v) is 4.88. The summed E-state index contributed by atoms with van der Waals surface area (Å²) in [7, 11) is 1.69. The van der Waals surface area contributed by atoms with Crippen molar-refractivity contribution in [2.75, 3.05) is 7.05 Å². The number of carbonyl (C=O) groups is 1. The molecule has 1 heterocycles. The first-order chi connectivity index (χ1) is 11.1. The zero-order valence-corrected chi connectivity index (χ0v) is 14.2. The second kappa shape index (κ2) is 6.98. The molecule has 2 aromatic rings. The Bertz CT molecular complexity index is 772. The Balaban J connectivity index is 1.73. The molecule has 0 radical (unpaired) electrons. The van der Waals surface area contributed by atoms with Crippen molar-refractivity contribution < 1.29 is 9.53 Å². The fraction of sp³-hybridized carbons (Fsp3) is 0.111. The molecule has 1 aliphatic heterocycles. The lowest BCUT2D eigenvalue weighted by Gasteiger charge is -2.07. The van der Waals surface area contributed by atoms with Crippen molar-refractivity contribution in [3.63, 3.8) is 0 Å². The second-order valence-electron chi connectivity index (χ2n) is 5.09. The molecule has 0 aromatic heterocycles. The van der Waals surface area contributed by atoms with Gasteiger partial charge in [-0.1, -0.05) is 66.4 Å². The van der Waals surface area contributed by atoms with E-state index in [1.807, 2.05) is 60.7 Å². The van der Waals surface area contributed by atoms with Crippen molar-refractivity contribution in [1.82, 2.24) is 4.90 Å². The monoisotopic (exact) mass is 341 g/mol. The molecule has 0 aliphatic carbocycles. The van der Waals surface area contributed by atoms with E-state index < -0.39 is 0 Å². The van der Waals surface area contributed by atoms with Crippen LogP contribution in [0.2, 0.25) is 0 Å². The van der Waals surface area contributed by atoms with Gasteiger partial charge >= 0.3 is 0 Å². The Labute approximate surface area is 144 Å². The van der Waals surface area contributed by atoms with Gasteiger partial charge in [0.25, 0.3) is 5.91 Å². The van der Waals surface area contributed by atoms with Crippen LogP contribution < -0.4 is 4.74 Å². The molecule has 0 unspecified atom stereocenters. The van der Waals surface area contributed by atoms with E-state index in [4.69, 9.17) is 17.0 Å². The topological polar surface area (TPSA) is 29.5 Å². The summed E-state index contributed by atoms with van der Waals surface area (Å²) in [5.41, 5.74) is 2.04. The van der Waals surface area contributed by atoms with E-state index in [1.54, 1.807) is 7.05 Å². The minimum atomic E-state index is -0.0596. The van der Waals surface area contributed by atoms with Crippen molar-refractivity contribution in [3.8, 4) is 5.75 Å². The Morgan fingerprint density at radius 1 is 1.17 bits per heavy atom. The number of carbonyl (C=O) groups excluding carboxylic acids is 1. The summed E-state index contributed by atoms with van der Waals surface area (Å²) in [4.78, 5) is 14.2. The molecule has 0 spiro atoms. The highest BCUT2D eigenvalue weighted by Crippen LogP contribution is 2.31. The summed E-state index contributed by atoms with van der Waals surface area (Å²) >= 11 is 6.46. The van der Waals surface area contributed by atoms with E-state index in [9.17, 15) is 4.79 Å². The molecule has 3 nitrogen and oxygen atoms in total. The summed E-state index contributed by atoms with van der Waals surface area (Å²) in [6.07, 6.45) is 1.85. The fourth-order valence-corrected chi connectivity index (χ4v) is 3.31. The Hall–Kier alpha value is -2.11. The lowest BCUT2D eigenvalue weighted by molar-refractivity contribution is -0.121. The molecule has 3 rings (SSSR count). The van der Waals surface area contributed by atoms with Gasteiger partial charge in [0, 0.05) is 7.05 Å². The van der Waals surface area contributed by atoms with Crippen molar-refractivity contribution in [2.24, 2.45) is 0 Å². The summed E-state index contributed by atoms with van der Waals surface area (Å²) < 4.78 is 6.39. The molecule has 0 atom stereocenters. The first-order valence-corrected chi connectivity index (χ1v) is 8.34. The maximum atomic E-state index is 12.0. The van der Waals surface area contributed by atoms with E-state index >= 15 is 0 Å². The predicted octanol–water partition coefficient (Wildman–Crippen LogP) is 4.10. The number of amides is 1. The van der Waals surface area contributed by atoms with Crippen LogP contribution in [0.15, 0.2) is 59.5 Å². The van der Waals surface area contributed by atoms with Gasteiger partial charge in [-0.15, -0.1) is 0 Å². The number of hydrogen-bond acceptors (Lipinski definition) is 4. The van der Waals surface area contributed by atoms with E-state index in [2.05, 4.69) is 0 Å². The molecule has 5 heteroatoms. The van der Waals surface area contributed by atoms with E-state index in [0.29, 0.717) is 15.8 Å². The molecule has 116 valence electrons. The number of likely N-dealkylation sites (N-methyl/N-ethyl adjacent to an activating group) is 1. The highest BCUT2D eigenvalue weighted by molar-refractivity contribution is 8.26. The average molecular weight is 341 g/mol. The predicted molar refractivity (Wildman–Crippen MR) is 98.2 cm³/mol. The Morgan fingerprint density at radius 2 is 1.96 bits per heavy atom. The first-order valence-electron chi connectivity index (χ1n) is 7.12. The van der Waals surface area contributed by atoms with Gasteiger partial charge in [-0.2, -0.15) is 0 Å². The van der Waals surface area contributed by atoms with Gasteiger partial charge in [-0.3, -0.25) is 9.69 Å². The third-order valence-electron chi connectivity index (χ3n) is 3.39. The summed E-state index contributed by atoms with van der Waals surface area (Å²) in [5, 5.41) is 0. The van der Waals surface area contributed by atoms with Crippen molar-refractivity contribution in [3.05, 3.63) is 70.6 Å². The quantitative estimate of drug-likeness (QED) is 0.619. The normalized spacial score (nSPS) is 16.2. The van der Waals surface area contributed by atoms with Gasteiger partial charge < -0.3 is 4.74 Å². The lowest BCUT2D eigenvalue weighted by Crippen LogP contribution is -2.22. The minimum Gasteiger partial charge on any atom is -0.489 e. The average Bonchev–Trinajstić information content (AvgIpc) is 2.81. The van der Waals surface area contributed by atoms with Crippen LogP contribution in [0.4, 0.5) is 0 Å². The molecule has 1 saturated heterocycles. The van der Waals surface area contributed by atoms with Gasteiger partial charge in [-0.25, -0.2) is 0 Å². The molecular weight excluding hydrogens is 326 g/mol. The van der Waals surface area contributed by atoms with Crippen LogP contribution in [0.3, 0.4) is 0 Å². The lowest BCUT2D eigenvalue weighted by atomic mass is 10.2. The Morgan fingerprint density at radius 3 is 2.65 bits per heavy atom. The third kappa shape index (κ3) is 3.81. The second-order valence-corrected chi connectivity index (χ2v) is 6.76. The minimum absolute atomic E-state index is 0.0596. The van der Waals surface area contributed by atoms with Crippen LogP contribution in [0.5, 0.6) is 5.75 Å². The molecule has 0 bridgehead atoms. The largest absolute Gasteiger partial charge is 0.489 e. The number of hydrogen-bond donors (Lipinski definition) is 0. The summed E-state index contributed by atoms with van der Waals surface area (Å²) in [6, 6.07) is 17.7. The number of rotatable bonds is 4. The summed E-state index contributed by atoms with van der Waals surface area (Å²) in [5.74, 6) is 0.713. The van der Waals surface area contributed by atoms with Crippen LogP contribution in [0.25, 0.3) is 6.08 Å². The molecular formula is C18H15NO2S2. The van der Waals surface area contributed by atoms with E-state index in [0.717, 1.165) is 16.9 Å². The molecule has 1 aliphatic rings. The number of thiocarbonyl (C=S) groups is 1. The molecule has 23 heavy (non-hydrogen) atoms. The van der Waals surface area contributed by atoms with Crippen LogP contribution in [0, 0.1) is 0 Å². The molecule has 0 saturated carbocycles. The fourth-order valence-electron chi connectivity index (χ4n) is 2.13. The first kappa shape index (κ1) is 15.8. The number of benzene rings is 2. The molecule has 0 N–H and O–H groups in total. The van der Waals surface area contributed by atoms with Crippen LogP contribution in [0.1, 0.15) is 11.1 Å². The smallest absolute Gasteiger partial charge is 0.265 e. The van der Waals surface area contributed by atoms with Crippen molar-refractivity contribution in [1.29, 1.82) is 0 Å². The van der Waals surface area contributed by atoms with Gasteiger partial charge in [-0.05, 0) is 29.3 Å². The summed E-state index contributed by atoms with van der Waals surface area (Å²) in [6.45, 7) is 0.515. The molecule has 1 amide bonds. The van der Waals surface area contributed by atoms with Crippen LogP contribution in [-0.2, 0) is 11.4 Å². The molecule has 2 aromatic carbocycles. The number of nitrogens with zero attached hydrogens (tertiary/aromatic N) is 1. The highest BCUT2D eigenvalue weighted by Gasteiger charge is 2.28. The zero-order chi connectivity index (χ0) is 16.2. The maximum absolute atomic E-state index is 12.0.